The summed E-state index contributed by atoms with van der Waals surface area (Å²) in [4.78, 5) is 15.7. The smallest absolute Gasteiger partial charge is 0.350 e. The van der Waals surface area contributed by atoms with E-state index in [-0.39, 0.29) is 23.4 Å². The van der Waals surface area contributed by atoms with Gasteiger partial charge in [-0.3, -0.25) is 4.57 Å². The van der Waals surface area contributed by atoms with E-state index < -0.39 is 15.3 Å². The molecule has 0 radical (unpaired) electrons. The first kappa shape index (κ1) is 17.8. The molecule has 1 atom stereocenters. The number of sulfonamides is 1. The lowest BCUT2D eigenvalue weighted by Crippen LogP contribution is -2.31. The van der Waals surface area contributed by atoms with Gasteiger partial charge in [0, 0.05) is 6.20 Å². The maximum atomic E-state index is 11.9. The highest BCUT2D eigenvalue weighted by molar-refractivity contribution is 7.99. The number of nitrogens with two attached hydrogens (primary N) is 1. The average molecular weight is 356 g/mol. The van der Waals surface area contributed by atoms with Crippen LogP contribution in [0.1, 0.15) is 37.6 Å². The average Bonchev–Trinajstić information content (AvgIpc) is 2.99. The van der Waals surface area contributed by atoms with Crippen LogP contribution in [-0.4, -0.2) is 35.5 Å². The minimum absolute atomic E-state index is 0.0166. The Morgan fingerprint density at radius 3 is 2.91 bits per heavy atom. The Bertz CT molecular complexity index is 784. The SMILES string of the molecule is CC(C)S(=O)(=O)NCC#Cc1cn(C2CCCS2)c(=O)nc1N. The van der Waals surface area contributed by atoms with E-state index in [1.165, 1.54) is 0 Å². The third-order valence-electron chi connectivity index (χ3n) is 3.40. The van der Waals surface area contributed by atoms with Crippen LogP contribution < -0.4 is 16.1 Å². The standard InChI is InChI=1S/C14H20N4O3S2/c1-10(2)23(20,21)16-7-3-5-11-9-18(12-6-4-8-22-12)14(19)17-13(11)15/h9-10,12,16H,4,6-8H2,1-2H3,(H2,15,17,19). The molecular formula is C14H20N4O3S2. The minimum atomic E-state index is -3.35. The zero-order chi connectivity index (χ0) is 17.0. The molecule has 0 aliphatic carbocycles. The van der Waals surface area contributed by atoms with Gasteiger partial charge in [0.25, 0.3) is 0 Å². The van der Waals surface area contributed by atoms with E-state index in [1.807, 2.05) is 0 Å². The molecule has 1 aliphatic rings. The van der Waals surface area contributed by atoms with Crippen molar-refractivity contribution in [3.05, 3.63) is 22.2 Å². The monoisotopic (exact) mass is 356 g/mol. The van der Waals surface area contributed by atoms with E-state index in [0.717, 1.165) is 18.6 Å². The zero-order valence-corrected chi connectivity index (χ0v) is 14.7. The minimum Gasteiger partial charge on any atom is -0.382 e. The number of thioether (sulfide) groups is 1. The van der Waals surface area contributed by atoms with Crippen molar-refractivity contribution in [3.8, 4) is 11.8 Å². The summed E-state index contributed by atoms with van der Waals surface area (Å²) in [6.07, 6.45) is 3.58. The molecule has 1 unspecified atom stereocenters. The molecule has 0 bridgehead atoms. The van der Waals surface area contributed by atoms with E-state index in [4.69, 9.17) is 5.73 Å². The first-order chi connectivity index (χ1) is 10.8. The van der Waals surface area contributed by atoms with Crippen molar-refractivity contribution in [3.63, 3.8) is 0 Å². The van der Waals surface area contributed by atoms with E-state index in [0.29, 0.717) is 5.56 Å². The van der Waals surface area contributed by atoms with Crippen molar-refractivity contribution in [2.75, 3.05) is 18.0 Å². The number of anilines is 1. The van der Waals surface area contributed by atoms with Crippen molar-refractivity contribution >= 4 is 27.6 Å². The van der Waals surface area contributed by atoms with Gasteiger partial charge in [-0.2, -0.15) is 4.98 Å². The lowest BCUT2D eigenvalue weighted by Gasteiger charge is -2.12. The zero-order valence-electron chi connectivity index (χ0n) is 13.1. The number of hydrogen-bond acceptors (Lipinski definition) is 6. The fraction of sp³-hybridized carbons (Fsp3) is 0.571. The molecule has 9 heteroatoms. The lowest BCUT2D eigenvalue weighted by molar-refractivity contribution is 0.577. The second-order valence-corrected chi connectivity index (χ2v) is 9.02. The molecule has 23 heavy (non-hydrogen) atoms. The molecule has 1 aromatic heterocycles. The largest absolute Gasteiger partial charge is 0.382 e. The van der Waals surface area contributed by atoms with Gasteiger partial charge >= 0.3 is 5.69 Å². The number of rotatable bonds is 4. The molecule has 3 N–H and O–H groups in total. The Kier molecular flexibility index (Phi) is 5.73. The highest BCUT2D eigenvalue weighted by Crippen LogP contribution is 2.34. The Morgan fingerprint density at radius 2 is 2.30 bits per heavy atom. The molecule has 1 fully saturated rings. The summed E-state index contributed by atoms with van der Waals surface area (Å²) < 4.78 is 27.2. The van der Waals surface area contributed by atoms with E-state index in [2.05, 4.69) is 21.5 Å². The molecule has 2 rings (SSSR count). The second kappa shape index (κ2) is 7.38. The number of aromatic nitrogens is 2. The van der Waals surface area contributed by atoms with Crippen molar-refractivity contribution < 1.29 is 8.42 Å². The first-order valence-corrected chi connectivity index (χ1v) is 9.88. The van der Waals surface area contributed by atoms with Crippen LogP contribution in [0.5, 0.6) is 0 Å². The molecule has 0 amide bonds. The molecule has 2 heterocycles. The molecule has 0 spiro atoms. The van der Waals surface area contributed by atoms with Gasteiger partial charge in [0.15, 0.2) is 0 Å². The predicted octanol–water partition coefficient (Wildman–Crippen LogP) is 0.530. The third kappa shape index (κ3) is 4.50. The van der Waals surface area contributed by atoms with E-state index in [9.17, 15) is 13.2 Å². The Morgan fingerprint density at radius 1 is 1.57 bits per heavy atom. The fourth-order valence-electron chi connectivity index (χ4n) is 2.01. The normalized spacial score (nSPS) is 18.0. The van der Waals surface area contributed by atoms with Gasteiger partial charge in [-0.25, -0.2) is 17.9 Å². The summed E-state index contributed by atoms with van der Waals surface area (Å²) in [6, 6.07) is 0. The highest BCUT2D eigenvalue weighted by Gasteiger charge is 2.19. The van der Waals surface area contributed by atoms with Gasteiger partial charge < -0.3 is 5.73 Å². The van der Waals surface area contributed by atoms with Gasteiger partial charge in [-0.05, 0) is 32.4 Å². The van der Waals surface area contributed by atoms with Gasteiger partial charge in [0.05, 0.1) is 22.7 Å². The summed E-state index contributed by atoms with van der Waals surface area (Å²) in [6.45, 7) is 3.16. The summed E-state index contributed by atoms with van der Waals surface area (Å²) in [5.41, 5.74) is 5.78. The van der Waals surface area contributed by atoms with Crippen LogP contribution in [0, 0.1) is 11.8 Å². The first-order valence-electron chi connectivity index (χ1n) is 7.29. The second-order valence-electron chi connectivity index (χ2n) is 5.41. The topological polar surface area (TPSA) is 107 Å². The molecule has 7 nitrogen and oxygen atoms in total. The van der Waals surface area contributed by atoms with Crippen LogP contribution in [0.2, 0.25) is 0 Å². The van der Waals surface area contributed by atoms with Gasteiger partial charge in [0.1, 0.15) is 5.82 Å². The van der Waals surface area contributed by atoms with Crippen molar-refractivity contribution in [2.45, 2.75) is 37.3 Å². The molecular weight excluding hydrogens is 336 g/mol. The summed E-state index contributed by atoms with van der Waals surface area (Å²) in [5, 5.41) is -0.451. The molecule has 0 aromatic carbocycles. The predicted molar refractivity (Wildman–Crippen MR) is 92.6 cm³/mol. The molecule has 1 aliphatic heterocycles. The number of nitrogen functional groups attached to an aromatic ring is 1. The van der Waals surface area contributed by atoms with Crippen LogP contribution in [-0.2, 0) is 10.0 Å². The maximum absolute atomic E-state index is 11.9. The quantitative estimate of drug-likeness (QED) is 0.762. The van der Waals surface area contributed by atoms with Crippen LogP contribution in [0.25, 0.3) is 0 Å². The van der Waals surface area contributed by atoms with Crippen LogP contribution in [0.4, 0.5) is 5.82 Å². The Hall–Kier alpha value is -1.50. The molecule has 126 valence electrons. The lowest BCUT2D eigenvalue weighted by atomic mass is 10.3. The third-order valence-corrected chi connectivity index (χ3v) is 6.56. The van der Waals surface area contributed by atoms with Gasteiger partial charge in [0.2, 0.25) is 10.0 Å². The maximum Gasteiger partial charge on any atom is 0.350 e. The van der Waals surface area contributed by atoms with Crippen molar-refractivity contribution in [1.82, 2.24) is 14.3 Å². The van der Waals surface area contributed by atoms with Crippen molar-refractivity contribution in [1.29, 1.82) is 0 Å². The van der Waals surface area contributed by atoms with Crippen LogP contribution >= 0.6 is 11.8 Å². The fourth-order valence-corrected chi connectivity index (χ4v) is 3.86. The van der Waals surface area contributed by atoms with Crippen LogP contribution in [0.3, 0.4) is 0 Å². The van der Waals surface area contributed by atoms with Gasteiger partial charge in [-0.1, -0.05) is 11.8 Å². The highest BCUT2D eigenvalue weighted by atomic mass is 32.2. The molecule has 1 saturated heterocycles. The Balaban J connectivity index is 2.16. The number of hydrogen-bond donors (Lipinski definition) is 2. The Labute approximate surface area is 140 Å². The van der Waals surface area contributed by atoms with E-state index >= 15 is 0 Å². The van der Waals surface area contributed by atoms with E-state index in [1.54, 1.807) is 36.4 Å². The molecule has 1 aromatic rings. The van der Waals surface area contributed by atoms with Crippen molar-refractivity contribution in [2.24, 2.45) is 0 Å². The molecule has 0 saturated carbocycles. The number of nitrogens with one attached hydrogen (secondary N) is 1. The van der Waals surface area contributed by atoms with Crippen LogP contribution in [0.15, 0.2) is 11.0 Å². The summed E-state index contributed by atoms with van der Waals surface area (Å²) in [5.74, 6) is 6.57. The summed E-state index contributed by atoms with van der Waals surface area (Å²) in [7, 11) is -3.35. The number of nitrogens with zero attached hydrogens (tertiary/aromatic N) is 2. The van der Waals surface area contributed by atoms with Gasteiger partial charge in [-0.15, -0.1) is 11.8 Å². The summed E-state index contributed by atoms with van der Waals surface area (Å²) >= 11 is 1.70.